The summed E-state index contributed by atoms with van der Waals surface area (Å²) in [5.74, 6) is 0.995. The SMILES string of the molecule is CCCCOc1nc(N)c2[nH]c(=O)n(CCCC3CCCN(C4CCCC4)C3)c2n1. The summed E-state index contributed by atoms with van der Waals surface area (Å²) in [6.07, 6.45) is 12.2. The van der Waals surface area contributed by atoms with E-state index in [1.54, 1.807) is 4.57 Å². The van der Waals surface area contributed by atoms with E-state index in [0.717, 1.165) is 37.6 Å². The minimum Gasteiger partial charge on any atom is -0.463 e. The number of nitrogens with two attached hydrogens (primary N) is 1. The normalized spacial score (nSPS) is 20.9. The third-order valence-corrected chi connectivity index (χ3v) is 6.74. The molecule has 3 heterocycles. The van der Waals surface area contributed by atoms with Gasteiger partial charge in [-0.2, -0.15) is 9.97 Å². The fraction of sp³-hybridized carbons (Fsp3) is 0.773. The van der Waals surface area contributed by atoms with Crippen LogP contribution >= 0.6 is 0 Å². The Morgan fingerprint density at radius 3 is 2.80 bits per heavy atom. The molecule has 1 aliphatic heterocycles. The van der Waals surface area contributed by atoms with E-state index in [2.05, 4.69) is 26.8 Å². The number of hydrogen-bond acceptors (Lipinski definition) is 6. The van der Waals surface area contributed by atoms with Gasteiger partial charge in [-0.25, -0.2) is 4.79 Å². The second-order valence-corrected chi connectivity index (χ2v) is 8.96. The van der Waals surface area contributed by atoms with Gasteiger partial charge in [-0.1, -0.05) is 26.2 Å². The lowest BCUT2D eigenvalue weighted by molar-refractivity contribution is 0.119. The summed E-state index contributed by atoms with van der Waals surface area (Å²) < 4.78 is 7.31. The Morgan fingerprint density at radius 2 is 2.00 bits per heavy atom. The summed E-state index contributed by atoms with van der Waals surface area (Å²) >= 11 is 0. The van der Waals surface area contributed by atoms with Crippen molar-refractivity contribution in [3.8, 4) is 6.01 Å². The van der Waals surface area contributed by atoms with Gasteiger partial charge in [0.2, 0.25) is 0 Å². The van der Waals surface area contributed by atoms with Crippen molar-refractivity contribution in [2.24, 2.45) is 5.92 Å². The molecule has 30 heavy (non-hydrogen) atoms. The molecule has 8 nitrogen and oxygen atoms in total. The number of piperidine rings is 1. The molecule has 3 N–H and O–H groups in total. The van der Waals surface area contributed by atoms with Crippen molar-refractivity contribution in [2.45, 2.75) is 83.7 Å². The molecule has 1 unspecified atom stereocenters. The summed E-state index contributed by atoms with van der Waals surface area (Å²) in [7, 11) is 0. The number of aromatic nitrogens is 4. The van der Waals surface area contributed by atoms with Gasteiger partial charge in [0.1, 0.15) is 5.52 Å². The Labute approximate surface area is 178 Å². The molecular formula is C22H36N6O2. The monoisotopic (exact) mass is 416 g/mol. The van der Waals surface area contributed by atoms with Crippen LogP contribution in [0.2, 0.25) is 0 Å². The second-order valence-electron chi connectivity index (χ2n) is 8.96. The van der Waals surface area contributed by atoms with Crippen LogP contribution in [0.5, 0.6) is 6.01 Å². The van der Waals surface area contributed by atoms with Crippen LogP contribution in [0.15, 0.2) is 4.79 Å². The number of anilines is 1. The number of nitrogen functional groups attached to an aromatic ring is 1. The van der Waals surface area contributed by atoms with Crippen molar-refractivity contribution < 1.29 is 4.74 Å². The average molecular weight is 417 g/mol. The van der Waals surface area contributed by atoms with Crippen molar-refractivity contribution in [3.63, 3.8) is 0 Å². The quantitative estimate of drug-likeness (QED) is 0.608. The number of nitrogens with one attached hydrogen (secondary N) is 1. The summed E-state index contributed by atoms with van der Waals surface area (Å²) in [6, 6.07) is 1.07. The number of ether oxygens (including phenoxy) is 1. The van der Waals surface area contributed by atoms with Crippen LogP contribution in [-0.2, 0) is 6.54 Å². The largest absolute Gasteiger partial charge is 0.463 e. The van der Waals surface area contributed by atoms with Gasteiger partial charge >= 0.3 is 11.7 Å². The maximum Gasteiger partial charge on any atom is 0.327 e. The molecule has 0 aromatic carbocycles. The van der Waals surface area contributed by atoms with Crippen LogP contribution in [0.25, 0.3) is 11.2 Å². The summed E-state index contributed by atoms with van der Waals surface area (Å²) in [6.45, 7) is 5.78. The van der Waals surface area contributed by atoms with E-state index in [-0.39, 0.29) is 17.5 Å². The molecule has 0 spiro atoms. The van der Waals surface area contributed by atoms with E-state index in [1.807, 2.05) is 0 Å². The third-order valence-electron chi connectivity index (χ3n) is 6.74. The van der Waals surface area contributed by atoms with Crippen LogP contribution in [0.4, 0.5) is 5.82 Å². The van der Waals surface area contributed by atoms with Gasteiger partial charge < -0.3 is 20.4 Å². The maximum absolute atomic E-state index is 12.5. The smallest absolute Gasteiger partial charge is 0.327 e. The van der Waals surface area contributed by atoms with Crippen molar-refractivity contribution in [2.75, 3.05) is 25.4 Å². The topological polar surface area (TPSA) is 102 Å². The highest BCUT2D eigenvalue weighted by molar-refractivity contribution is 5.81. The molecule has 0 bridgehead atoms. The number of rotatable bonds is 9. The van der Waals surface area contributed by atoms with E-state index in [9.17, 15) is 4.79 Å². The van der Waals surface area contributed by atoms with Crippen LogP contribution in [0.3, 0.4) is 0 Å². The first kappa shape index (κ1) is 21.2. The molecule has 166 valence electrons. The van der Waals surface area contributed by atoms with Crippen LogP contribution in [0.1, 0.15) is 71.1 Å². The molecule has 1 atom stereocenters. The fourth-order valence-corrected chi connectivity index (χ4v) is 5.08. The Kier molecular flexibility index (Phi) is 6.92. The van der Waals surface area contributed by atoms with E-state index >= 15 is 0 Å². The molecule has 2 aliphatic rings. The molecule has 0 radical (unpaired) electrons. The number of unbranched alkanes of at least 4 members (excludes halogenated alkanes) is 1. The van der Waals surface area contributed by atoms with E-state index in [4.69, 9.17) is 10.5 Å². The molecule has 0 amide bonds. The molecule has 2 fully saturated rings. The minimum atomic E-state index is -0.173. The summed E-state index contributed by atoms with van der Waals surface area (Å²) in [4.78, 5) is 26.7. The number of aryl methyl sites for hydroxylation is 1. The summed E-state index contributed by atoms with van der Waals surface area (Å²) in [5, 5.41) is 0. The number of aromatic amines is 1. The van der Waals surface area contributed by atoms with Gasteiger partial charge in [0, 0.05) is 19.1 Å². The van der Waals surface area contributed by atoms with Gasteiger partial charge in [-0.05, 0) is 57.4 Å². The lowest BCUT2D eigenvalue weighted by atomic mass is 9.92. The van der Waals surface area contributed by atoms with Crippen LogP contribution < -0.4 is 16.2 Å². The first-order valence-electron chi connectivity index (χ1n) is 11.8. The van der Waals surface area contributed by atoms with Crippen molar-refractivity contribution in [3.05, 3.63) is 10.5 Å². The number of hydrogen-bond donors (Lipinski definition) is 2. The van der Waals surface area contributed by atoms with Gasteiger partial charge in [0.15, 0.2) is 11.5 Å². The molecule has 8 heteroatoms. The Balaban J connectivity index is 1.38. The zero-order valence-corrected chi connectivity index (χ0v) is 18.2. The predicted octanol–water partition coefficient (Wildman–Crippen LogP) is 3.32. The zero-order chi connectivity index (χ0) is 20.9. The zero-order valence-electron chi connectivity index (χ0n) is 18.2. The number of H-pyrrole nitrogens is 1. The van der Waals surface area contributed by atoms with E-state index < -0.39 is 0 Å². The number of fused-ring (bicyclic) bond motifs is 1. The third kappa shape index (κ3) is 4.79. The Hall–Kier alpha value is -2.09. The van der Waals surface area contributed by atoms with Gasteiger partial charge in [0.05, 0.1) is 6.61 Å². The minimum absolute atomic E-state index is 0.173. The second kappa shape index (κ2) is 9.81. The van der Waals surface area contributed by atoms with Crippen molar-refractivity contribution >= 4 is 17.0 Å². The standard InChI is InChI=1S/C22H36N6O2/c1-2-3-14-30-21-25-19(23)18-20(26-21)28(22(29)24-18)13-7-9-16-8-6-12-27(15-16)17-10-4-5-11-17/h16-17H,2-15H2,1H3,(H,24,29)(H2,23,25,26). The molecule has 1 saturated carbocycles. The van der Waals surface area contributed by atoms with E-state index in [1.165, 1.54) is 51.6 Å². The Morgan fingerprint density at radius 1 is 1.17 bits per heavy atom. The van der Waals surface area contributed by atoms with Gasteiger partial charge in [-0.3, -0.25) is 4.57 Å². The highest BCUT2D eigenvalue weighted by Crippen LogP contribution is 2.29. The number of imidazole rings is 1. The molecule has 1 aliphatic carbocycles. The first-order valence-corrected chi connectivity index (χ1v) is 11.8. The van der Waals surface area contributed by atoms with E-state index in [0.29, 0.717) is 24.3 Å². The molecule has 4 rings (SSSR count). The molecule has 1 saturated heterocycles. The van der Waals surface area contributed by atoms with Gasteiger partial charge in [0.25, 0.3) is 0 Å². The fourth-order valence-electron chi connectivity index (χ4n) is 5.08. The number of nitrogens with zero attached hydrogens (tertiary/aromatic N) is 4. The predicted molar refractivity (Wildman–Crippen MR) is 119 cm³/mol. The lowest BCUT2D eigenvalue weighted by Gasteiger charge is -2.37. The highest BCUT2D eigenvalue weighted by atomic mass is 16.5. The highest BCUT2D eigenvalue weighted by Gasteiger charge is 2.27. The summed E-state index contributed by atoms with van der Waals surface area (Å²) in [5.41, 5.74) is 6.93. The first-order chi connectivity index (χ1) is 14.7. The molecule has 2 aromatic heterocycles. The maximum atomic E-state index is 12.5. The van der Waals surface area contributed by atoms with Gasteiger partial charge in [-0.15, -0.1) is 0 Å². The average Bonchev–Trinajstić information content (AvgIpc) is 3.38. The number of likely N-dealkylation sites (tertiary alicyclic amines) is 1. The van der Waals surface area contributed by atoms with Crippen molar-refractivity contribution in [1.29, 1.82) is 0 Å². The van der Waals surface area contributed by atoms with Crippen LogP contribution in [0, 0.1) is 5.92 Å². The van der Waals surface area contributed by atoms with Crippen molar-refractivity contribution in [1.82, 2.24) is 24.4 Å². The lowest BCUT2D eigenvalue weighted by Crippen LogP contribution is -2.41. The van der Waals surface area contributed by atoms with Crippen LogP contribution in [-0.4, -0.2) is 50.2 Å². The molecule has 2 aromatic rings. The Bertz CT molecular complexity index is 886. The molecular weight excluding hydrogens is 380 g/mol.